The summed E-state index contributed by atoms with van der Waals surface area (Å²) >= 11 is 0. The second kappa shape index (κ2) is 6.77. The molecule has 3 fully saturated rings. The number of aliphatic hydroxyl groups excluding tert-OH is 1. The predicted octanol–water partition coefficient (Wildman–Crippen LogP) is 4.69. The lowest BCUT2D eigenvalue weighted by atomic mass is 9.54. The van der Waals surface area contributed by atoms with Gasteiger partial charge >= 0.3 is 0 Å². The largest absolute Gasteiger partial charge is 0.387 e. The SMILES string of the molecule is CC(=O)CC[C@@]1(C)C(=O)C=CC2=C1C=C[C@]1(C)[C@@H]3CC[C@]21O[C@@]1(OC(C)(C)[C@@H](C)[C@H]1O)[C@H]3C. The molecule has 2 saturated heterocycles. The lowest BCUT2D eigenvalue weighted by molar-refractivity contribution is -0.369. The normalized spacial score (nSPS) is 49.5. The van der Waals surface area contributed by atoms with Crippen LogP contribution in [0.4, 0.5) is 0 Å². The molecular weight excluding hydrogens is 416 g/mol. The van der Waals surface area contributed by atoms with E-state index >= 15 is 0 Å². The highest BCUT2D eigenvalue weighted by Crippen LogP contribution is 2.71. The van der Waals surface area contributed by atoms with Crippen molar-refractivity contribution in [3.63, 3.8) is 0 Å². The molecule has 5 nitrogen and oxygen atoms in total. The lowest BCUT2D eigenvalue weighted by Crippen LogP contribution is -2.67. The van der Waals surface area contributed by atoms with Gasteiger partial charge in [-0.1, -0.05) is 39.0 Å². The van der Waals surface area contributed by atoms with Crippen molar-refractivity contribution < 1.29 is 24.2 Å². The van der Waals surface area contributed by atoms with Gasteiger partial charge in [0, 0.05) is 23.7 Å². The number of rotatable bonds is 3. The van der Waals surface area contributed by atoms with E-state index in [-0.39, 0.29) is 34.7 Å². The number of allylic oxidation sites excluding steroid dienone is 3. The van der Waals surface area contributed by atoms with E-state index in [1.54, 1.807) is 13.0 Å². The van der Waals surface area contributed by atoms with Gasteiger partial charge in [0.1, 0.15) is 17.5 Å². The topological polar surface area (TPSA) is 72.8 Å². The van der Waals surface area contributed by atoms with Crippen molar-refractivity contribution in [2.45, 2.75) is 97.2 Å². The van der Waals surface area contributed by atoms with Crippen molar-refractivity contribution in [2.24, 2.45) is 28.6 Å². The van der Waals surface area contributed by atoms with Gasteiger partial charge in [0.2, 0.25) is 0 Å². The van der Waals surface area contributed by atoms with Gasteiger partial charge in [0.25, 0.3) is 0 Å². The van der Waals surface area contributed by atoms with Crippen LogP contribution in [0.25, 0.3) is 0 Å². The third-order valence-corrected chi connectivity index (χ3v) is 10.3. The Morgan fingerprint density at radius 3 is 2.36 bits per heavy atom. The first-order chi connectivity index (χ1) is 15.3. The Bertz CT molecular complexity index is 1020. The Morgan fingerprint density at radius 2 is 1.76 bits per heavy atom. The minimum atomic E-state index is -1.09. The average molecular weight is 455 g/mol. The van der Waals surface area contributed by atoms with Gasteiger partial charge in [-0.25, -0.2) is 0 Å². The fourth-order valence-electron chi connectivity index (χ4n) is 7.71. The summed E-state index contributed by atoms with van der Waals surface area (Å²) in [6.45, 7) is 14.1. The second-order valence-corrected chi connectivity index (χ2v) is 12.2. The van der Waals surface area contributed by atoms with E-state index < -0.39 is 28.5 Å². The van der Waals surface area contributed by atoms with Gasteiger partial charge < -0.3 is 19.4 Å². The molecule has 1 N–H and O–H groups in total. The number of aliphatic hydroxyl groups is 1. The summed E-state index contributed by atoms with van der Waals surface area (Å²) < 4.78 is 13.8. The minimum Gasteiger partial charge on any atom is -0.387 e. The molecule has 0 amide bonds. The van der Waals surface area contributed by atoms with Crippen molar-refractivity contribution in [2.75, 3.05) is 0 Å². The van der Waals surface area contributed by atoms with Crippen LogP contribution >= 0.6 is 0 Å². The zero-order valence-electron chi connectivity index (χ0n) is 21.0. The molecule has 33 heavy (non-hydrogen) atoms. The first-order valence-corrected chi connectivity index (χ1v) is 12.5. The minimum absolute atomic E-state index is 0.0162. The Hall–Kier alpha value is -1.56. The van der Waals surface area contributed by atoms with Crippen molar-refractivity contribution in [1.82, 2.24) is 0 Å². The monoisotopic (exact) mass is 454 g/mol. The average Bonchev–Trinajstić information content (AvgIpc) is 3.06. The molecule has 2 aliphatic heterocycles. The van der Waals surface area contributed by atoms with E-state index in [2.05, 4.69) is 26.0 Å². The predicted molar refractivity (Wildman–Crippen MR) is 125 cm³/mol. The molecule has 0 aromatic carbocycles. The summed E-state index contributed by atoms with van der Waals surface area (Å²) in [6, 6.07) is 0. The third-order valence-electron chi connectivity index (χ3n) is 10.3. The van der Waals surface area contributed by atoms with Crippen LogP contribution in [0.5, 0.6) is 0 Å². The Kier molecular flexibility index (Phi) is 4.76. The highest BCUT2D eigenvalue weighted by molar-refractivity contribution is 6.00. The van der Waals surface area contributed by atoms with Gasteiger partial charge in [-0.3, -0.25) is 4.79 Å². The van der Waals surface area contributed by atoms with Gasteiger partial charge in [0.05, 0.1) is 11.0 Å². The molecule has 0 aromatic heterocycles. The standard InChI is InChI=1S/C28H38O5/c1-16(29)10-13-25(6)20-11-14-26(7)19-12-15-27(26,21(20)8-9-22(25)30)33-28(17(19)2)23(31)18(3)24(4,5)32-28/h8-9,11,14,17-19,23,31H,10,12-13,15H2,1-7H3/t17-,18-,19+,23+,25+,26+,27-,28-/m0/s1. The zero-order chi connectivity index (χ0) is 24.2. The van der Waals surface area contributed by atoms with E-state index in [0.717, 1.165) is 24.0 Å². The highest BCUT2D eigenvalue weighted by Gasteiger charge is 2.75. The van der Waals surface area contributed by atoms with Crippen LogP contribution in [0.15, 0.2) is 35.5 Å². The quantitative estimate of drug-likeness (QED) is 0.670. The first-order valence-electron chi connectivity index (χ1n) is 12.5. The Balaban J connectivity index is 1.67. The fourth-order valence-corrected chi connectivity index (χ4v) is 7.71. The maximum Gasteiger partial charge on any atom is 0.199 e. The lowest BCUT2D eigenvalue weighted by Gasteiger charge is -2.60. The summed E-state index contributed by atoms with van der Waals surface area (Å²) in [5.74, 6) is -0.739. The molecule has 5 heteroatoms. The van der Waals surface area contributed by atoms with E-state index in [1.165, 1.54) is 0 Å². The molecule has 3 aliphatic carbocycles. The van der Waals surface area contributed by atoms with Crippen molar-refractivity contribution in [3.8, 4) is 0 Å². The Labute approximate surface area is 197 Å². The van der Waals surface area contributed by atoms with E-state index in [1.807, 2.05) is 33.8 Å². The van der Waals surface area contributed by atoms with E-state index in [4.69, 9.17) is 9.47 Å². The van der Waals surface area contributed by atoms with Crippen LogP contribution in [0.1, 0.15) is 74.1 Å². The Morgan fingerprint density at radius 1 is 1.06 bits per heavy atom. The smallest absolute Gasteiger partial charge is 0.199 e. The van der Waals surface area contributed by atoms with Crippen LogP contribution in [0, 0.1) is 28.6 Å². The molecule has 0 aromatic rings. The summed E-state index contributed by atoms with van der Waals surface area (Å²) in [4.78, 5) is 24.9. The van der Waals surface area contributed by atoms with Crippen LogP contribution in [-0.2, 0) is 19.1 Å². The molecule has 1 spiro atoms. The molecular formula is C28H38O5. The fraction of sp³-hybridized carbons (Fsp3) is 0.714. The summed E-state index contributed by atoms with van der Waals surface area (Å²) in [5.41, 5.74) is -0.222. The molecule has 1 saturated carbocycles. The number of Topliss-reactive ketones (excluding diaryl/α,β-unsaturated/α-hetero) is 1. The van der Waals surface area contributed by atoms with Crippen molar-refractivity contribution >= 4 is 11.6 Å². The summed E-state index contributed by atoms with van der Waals surface area (Å²) in [5, 5.41) is 11.5. The summed E-state index contributed by atoms with van der Waals surface area (Å²) in [7, 11) is 0. The molecule has 2 heterocycles. The van der Waals surface area contributed by atoms with E-state index in [9.17, 15) is 14.7 Å². The molecule has 0 unspecified atom stereocenters. The van der Waals surface area contributed by atoms with Crippen LogP contribution in [0.2, 0.25) is 0 Å². The van der Waals surface area contributed by atoms with Gasteiger partial charge in [-0.2, -0.15) is 0 Å². The maximum absolute atomic E-state index is 13.1. The maximum atomic E-state index is 13.1. The molecule has 2 bridgehead atoms. The second-order valence-electron chi connectivity index (χ2n) is 12.2. The third kappa shape index (κ3) is 2.65. The zero-order valence-corrected chi connectivity index (χ0v) is 21.0. The number of hydrogen-bond donors (Lipinski definition) is 1. The van der Waals surface area contributed by atoms with Crippen molar-refractivity contribution in [1.29, 1.82) is 0 Å². The van der Waals surface area contributed by atoms with Crippen LogP contribution < -0.4 is 0 Å². The first kappa shape index (κ1) is 23.2. The molecule has 180 valence electrons. The molecule has 5 rings (SSSR count). The van der Waals surface area contributed by atoms with Crippen molar-refractivity contribution in [3.05, 3.63) is 35.5 Å². The molecule has 0 radical (unpaired) electrons. The number of hydrogen-bond acceptors (Lipinski definition) is 5. The van der Waals surface area contributed by atoms with Crippen LogP contribution in [0.3, 0.4) is 0 Å². The van der Waals surface area contributed by atoms with Crippen LogP contribution in [-0.4, -0.2) is 39.8 Å². The molecule has 8 atom stereocenters. The highest BCUT2D eigenvalue weighted by atomic mass is 16.7. The van der Waals surface area contributed by atoms with Gasteiger partial charge in [0.15, 0.2) is 11.6 Å². The van der Waals surface area contributed by atoms with Gasteiger partial charge in [-0.05, 0) is 70.1 Å². The number of ketones is 2. The number of carbonyl (C=O) groups excluding carboxylic acids is 2. The number of ether oxygens (including phenoxy) is 2. The summed E-state index contributed by atoms with van der Waals surface area (Å²) in [6.07, 6.45) is 9.88. The number of carbonyl (C=O) groups is 2. The van der Waals surface area contributed by atoms with E-state index in [0.29, 0.717) is 12.8 Å². The van der Waals surface area contributed by atoms with Gasteiger partial charge in [-0.15, -0.1) is 0 Å². The molecule has 5 aliphatic rings.